The quantitative estimate of drug-likeness (QED) is 0.596. The molecule has 0 saturated heterocycles. The third kappa shape index (κ3) is 3.18. The molecule has 0 aliphatic carbocycles. The average molecular weight is 207 g/mol. The molecule has 1 heterocycles. The Morgan fingerprint density at radius 1 is 1.71 bits per heavy atom. The van der Waals surface area contributed by atoms with E-state index in [1.54, 1.807) is 23.5 Å². The van der Waals surface area contributed by atoms with E-state index in [4.69, 9.17) is 0 Å². The van der Waals surface area contributed by atoms with Gasteiger partial charge in [-0.05, 0) is 30.0 Å². The molecule has 0 fully saturated rings. The molecular weight excluding hydrogens is 194 g/mol. The molecule has 1 aromatic heterocycles. The molecule has 0 saturated carbocycles. The Balaban J connectivity index is 2.51. The van der Waals surface area contributed by atoms with Gasteiger partial charge in [-0.1, -0.05) is 6.08 Å². The van der Waals surface area contributed by atoms with E-state index in [-0.39, 0.29) is 5.91 Å². The van der Waals surface area contributed by atoms with Crippen molar-refractivity contribution in [2.24, 2.45) is 0 Å². The summed E-state index contributed by atoms with van der Waals surface area (Å²) in [5.41, 5.74) is 1.20. The van der Waals surface area contributed by atoms with E-state index in [0.29, 0.717) is 6.54 Å². The predicted molar refractivity (Wildman–Crippen MR) is 61.3 cm³/mol. The van der Waals surface area contributed by atoms with Crippen molar-refractivity contribution in [3.8, 4) is 0 Å². The van der Waals surface area contributed by atoms with E-state index in [2.05, 4.69) is 11.9 Å². The lowest BCUT2D eigenvalue weighted by Crippen LogP contribution is -2.20. The second kappa shape index (κ2) is 5.40. The lowest BCUT2D eigenvalue weighted by atomic mass is 10.3. The highest BCUT2D eigenvalue weighted by Gasteiger charge is 1.96. The molecule has 0 atom stereocenters. The van der Waals surface area contributed by atoms with Gasteiger partial charge in [-0.2, -0.15) is 0 Å². The summed E-state index contributed by atoms with van der Waals surface area (Å²) in [4.78, 5) is 12.3. The smallest absolute Gasteiger partial charge is 0.244 e. The van der Waals surface area contributed by atoms with Crippen LogP contribution in [0.1, 0.15) is 10.4 Å². The van der Waals surface area contributed by atoms with Crippen molar-refractivity contribution in [1.82, 2.24) is 5.32 Å². The average Bonchev–Trinajstić information content (AvgIpc) is 2.58. The summed E-state index contributed by atoms with van der Waals surface area (Å²) in [7, 11) is 0. The first kappa shape index (κ1) is 10.7. The standard InChI is InChI=1S/C11H13NOS/c1-3-7-12-11(13)5-4-10-9(2)6-8-14-10/h3-6,8H,1,7H2,2H3,(H,12,13). The van der Waals surface area contributed by atoms with E-state index in [0.717, 1.165) is 4.88 Å². The van der Waals surface area contributed by atoms with E-state index in [9.17, 15) is 4.79 Å². The van der Waals surface area contributed by atoms with Crippen molar-refractivity contribution in [2.75, 3.05) is 6.54 Å². The number of hydrogen-bond acceptors (Lipinski definition) is 2. The second-order valence-corrected chi connectivity index (χ2v) is 3.78. The summed E-state index contributed by atoms with van der Waals surface area (Å²) in [5, 5.41) is 4.69. The van der Waals surface area contributed by atoms with Crippen molar-refractivity contribution >= 4 is 23.3 Å². The molecule has 0 aliphatic heterocycles. The van der Waals surface area contributed by atoms with Crippen molar-refractivity contribution in [2.45, 2.75) is 6.92 Å². The third-order valence-electron chi connectivity index (χ3n) is 1.71. The molecular formula is C11H13NOS. The molecule has 0 bridgehead atoms. The fraction of sp³-hybridized carbons (Fsp3) is 0.182. The Morgan fingerprint density at radius 3 is 3.07 bits per heavy atom. The Kier molecular flexibility index (Phi) is 4.13. The van der Waals surface area contributed by atoms with Crippen molar-refractivity contribution in [3.05, 3.63) is 40.6 Å². The van der Waals surface area contributed by atoms with Gasteiger partial charge in [-0.15, -0.1) is 17.9 Å². The first-order chi connectivity index (χ1) is 6.74. The molecule has 1 amide bonds. The Bertz CT molecular complexity index is 352. The van der Waals surface area contributed by atoms with E-state index >= 15 is 0 Å². The SMILES string of the molecule is C=CCNC(=O)C=Cc1sccc1C. The number of rotatable bonds is 4. The van der Waals surface area contributed by atoms with Crippen LogP contribution in [0.3, 0.4) is 0 Å². The predicted octanol–water partition coefficient (Wildman–Crippen LogP) is 2.37. The number of hydrogen-bond donors (Lipinski definition) is 1. The normalized spacial score (nSPS) is 10.4. The maximum absolute atomic E-state index is 11.2. The summed E-state index contributed by atoms with van der Waals surface area (Å²) in [5.74, 6) is -0.0855. The van der Waals surface area contributed by atoms with Crippen LogP contribution in [0.5, 0.6) is 0 Å². The van der Waals surface area contributed by atoms with E-state index < -0.39 is 0 Å². The minimum Gasteiger partial charge on any atom is -0.349 e. The summed E-state index contributed by atoms with van der Waals surface area (Å²) < 4.78 is 0. The molecule has 2 nitrogen and oxygen atoms in total. The second-order valence-electron chi connectivity index (χ2n) is 2.84. The maximum atomic E-state index is 11.2. The molecule has 0 radical (unpaired) electrons. The van der Waals surface area contributed by atoms with Gasteiger partial charge < -0.3 is 5.32 Å². The van der Waals surface area contributed by atoms with Crippen LogP contribution in [-0.4, -0.2) is 12.5 Å². The summed E-state index contributed by atoms with van der Waals surface area (Å²) in [6, 6.07) is 2.03. The Hall–Kier alpha value is -1.35. The van der Waals surface area contributed by atoms with Crippen LogP contribution in [-0.2, 0) is 4.79 Å². The van der Waals surface area contributed by atoms with Gasteiger partial charge in [0.1, 0.15) is 0 Å². The minimum absolute atomic E-state index is 0.0855. The molecule has 0 aliphatic rings. The highest BCUT2D eigenvalue weighted by atomic mass is 32.1. The Labute approximate surface area is 88.0 Å². The molecule has 0 spiro atoms. The highest BCUT2D eigenvalue weighted by Crippen LogP contribution is 2.16. The fourth-order valence-corrected chi connectivity index (χ4v) is 1.76. The van der Waals surface area contributed by atoms with Crippen molar-refractivity contribution in [1.29, 1.82) is 0 Å². The summed E-state index contributed by atoms with van der Waals surface area (Å²) in [6.45, 7) is 6.05. The van der Waals surface area contributed by atoms with Gasteiger partial charge in [0.05, 0.1) is 0 Å². The van der Waals surface area contributed by atoms with Gasteiger partial charge in [0, 0.05) is 17.5 Å². The first-order valence-corrected chi connectivity index (χ1v) is 5.23. The molecule has 0 aromatic carbocycles. The van der Waals surface area contributed by atoms with E-state index in [1.807, 2.05) is 24.4 Å². The lowest BCUT2D eigenvalue weighted by molar-refractivity contribution is -0.116. The van der Waals surface area contributed by atoms with E-state index in [1.165, 1.54) is 5.56 Å². The summed E-state index contributed by atoms with van der Waals surface area (Å²) >= 11 is 1.63. The number of aryl methyl sites for hydroxylation is 1. The van der Waals surface area contributed by atoms with Gasteiger partial charge in [0.15, 0.2) is 0 Å². The molecule has 14 heavy (non-hydrogen) atoms. The number of thiophene rings is 1. The zero-order valence-corrected chi connectivity index (χ0v) is 8.93. The topological polar surface area (TPSA) is 29.1 Å². The van der Waals surface area contributed by atoms with Gasteiger partial charge in [-0.3, -0.25) is 4.79 Å². The van der Waals surface area contributed by atoms with Crippen LogP contribution >= 0.6 is 11.3 Å². The van der Waals surface area contributed by atoms with Crippen molar-refractivity contribution in [3.63, 3.8) is 0 Å². The monoisotopic (exact) mass is 207 g/mol. The number of carbonyl (C=O) groups excluding carboxylic acids is 1. The molecule has 74 valence electrons. The van der Waals surface area contributed by atoms with Crippen LogP contribution in [0.2, 0.25) is 0 Å². The first-order valence-electron chi connectivity index (χ1n) is 4.35. The van der Waals surface area contributed by atoms with Crippen LogP contribution in [0.4, 0.5) is 0 Å². The van der Waals surface area contributed by atoms with Crippen molar-refractivity contribution < 1.29 is 4.79 Å². The molecule has 3 heteroatoms. The maximum Gasteiger partial charge on any atom is 0.244 e. The van der Waals surface area contributed by atoms with Crippen LogP contribution in [0.15, 0.2) is 30.2 Å². The summed E-state index contributed by atoms with van der Waals surface area (Å²) in [6.07, 6.45) is 5.03. The Morgan fingerprint density at radius 2 is 2.50 bits per heavy atom. The zero-order valence-electron chi connectivity index (χ0n) is 8.12. The fourth-order valence-electron chi connectivity index (χ4n) is 0.938. The number of amides is 1. The van der Waals surface area contributed by atoms with Crippen LogP contribution < -0.4 is 5.32 Å². The van der Waals surface area contributed by atoms with Gasteiger partial charge in [0.25, 0.3) is 0 Å². The largest absolute Gasteiger partial charge is 0.349 e. The highest BCUT2D eigenvalue weighted by molar-refractivity contribution is 7.11. The number of nitrogens with one attached hydrogen (secondary N) is 1. The molecule has 1 aromatic rings. The molecule has 0 unspecified atom stereocenters. The molecule has 1 rings (SSSR count). The third-order valence-corrected chi connectivity index (χ3v) is 2.69. The van der Waals surface area contributed by atoms with Gasteiger partial charge >= 0.3 is 0 Å². The van der Waals surface area contributed by atoms with Crippen LogP contribution in [0, 0.1) is 6.92 Å². The van der Waals surface area contributed by atoms with Gasteiger partial charge in [-0.25, -0.2) is 0 Å². The van der Waals surface area contributed by atoms with Gasteiger partial charge in [0.2, 0.25) is 5.91 Å². The zero-order chi connectivity index (χ0) is 10.4. The van der Waals surface area contributed by atoms with Crippen LogP contribution in [0.25, 0.3) is 6.08 Å². The lowest BCUT2D eigenvalue weighted by Gasteiger charge is -1.95. The molecule has 1 N–H and O–H groups in total. The minimum atomic E-state index is -0.0855. The number of carbonyl (C=O) groups is 1.